The number of benzene rings is 2. The van der Waals surface area contributed by atoms with Crippen molar-refractivity contribution in [3.8, 4) is 11.4 Å². The number of carbonyl (C=O) groups excluding carboxylic acids is 1. The minimum absolute atomic E-state index is 0.115. The molecule has 0 bridgehead atoms. The Balaban J connectivity index is 1.52. The first-order valence-corrected chi connectivity index (χ1v) is 8.88. The highest BCUT2D eigenvalue weighted by Crippen LogP contribution is 2.14. The van der Waals surface area contributed by atoms with Gasteiger partial charge in [0.05, 0.1) is 18.2 Å². The van der Waals surface area contributed by atoms with Crippen LogP contribution in [0.25, 0.3) is 5.69 Å². The number of nitrogens with zero attached hydrogens (tertiary/aromatic N) is 3. The molecule has 29 heavy (non-hydrogen) atoms. The smallest absolute Gasteiger partial charge is 0.263 e. The van der Waals surface area contributed by atoms with Crippen molar-refractivity contribution in [2.45, 2.75) is 0 Å². The maximum atomic E-state index is 12.0. The molecule has 2 aromatic carbocycles. The number of nitrogens with one attached hydrogen (secondary N) is 1. The van der Waals surface area contributed by atoms with Crippen LogP contribution in [0.5, 0.6) is 5.75 Å². The van der Waals surface area contributed by atoms with Crippen LogP contribution >= 0.6 is 0 Å². The zero-order valence-corrected chi connectivity index (χ0v) is 15.7. The van der Waals surface area contributed by atoms with Crippen LogP contribution in [-0.2, 0) is 4.79 Å². The Hall–Kier alpha value is -4.13. The Morgan fingerprint density at radius 1 is 1.21 bits per heavy atom. The number of hydrogen-bond donors (Lipinski definition) is 2. The number of aromatic nitrogens is 2. The van der Waals surface area contributed by atoms with Crippen molar-refractivity contribution < 1.29 is 9.53 Å². The molecule has 0 aliphatic rings. The first-order valence-electron chi connectivity index (χ1n) is 8.88. The van der Waals surface area contributed by atoms with Gasteiger partial charge in [-0.2, -0.15) is 0 Å². The number of allylic oxidation sites excluding steroid dienone is 1. The Bertz CT molecular complexity index is 1010. The first kappa shape index (κ1) is 19.6. The molecular formula is C22H21N5O2. The van der Waals surface area contributed by atoms with Crippen molar-refractivity contribution in [3.05, 3.63) is 104 Å². The van der Waals surface area contributed by atoms with Crippen LogP contribution in [0.4, 0.5) is 0 Å². The minimum atomic E-state index is -0.382. The molecule has 3 aromatic rings. The van der Waals surface area contributed by atoms with E-state index in [1.165, 1.54) is 6.20 Å². The van der Waals surface area contributed by atoms with Gasteiger partial charge >= 0.3 is 0 Å². The standard InChI is InChI=1S/C22H21N5O2/c1-2-20(17-6-4-3-5-7-17)25-14-21(23)26-22(28)15-29-19-10-8-18(9-11-19)27-13-12-24-16-27/h2-14,16H,1,15,23H2,(H,26,28)/b21-14+,25-20?. The summed E-state index contributed by atoms with van der Waals surface area (Å²) in [5.41, 5.74) is 8.32. The number of rotatable bonds is 8. The van der Waals surface area contributed by atoms with Crippen LogP contribution in [0, 0.1) is 0 Å². The Kier molecular flexibility index (Phi) is 6.57. The Morgan fingerprint density at radius 3 is 2.62 bits per heavy atom. The van der Waals surface area contributed by atoms with E-state index in [4.69, 9.17) is 10.5 Å². The van der Waals surface area contributed by atoms with Crippen molar-refractivity contribution in [2.24, 2.45) is 10.7 Å². The van der Waals surface area contributed by atoms with Gasteiger partial charge in [-0.05, 0) is 30.3 Å². The van der Waals surface area contributed by atoms with Gasteiger partial charge in [-0.1, -0.05) is 36.9 Å². The van der Waals surface area contributed by atoms with Crippen molar-refractivity contribution in [2.75, 3.05) is 6.61 Å². The largest absolute Gasteiger partial charge is 0.484 e. The van der Waals surface area contributed by atoms with E-state index in [2.05, 4.69) is 21.9 Å². The van der Waals surface area contributed by atoms with E-state index in [0.717, 1.165) is 11.3 Å². The molecule has 0 saturated heterocycles. The lowest BCUT2D eigenvalue weighted by Crippen LogP contribution is -2.31. The molecule has 1 amide bonds. The number of amides is 1. The molecule has 0 spiro atoms. The first-order chi connectivity index (χ1) is 14.2. The quantitative estimate of drug-likeness (QED) is 0.581. The lowest BCUT2D eigenvalue weighted by molar-refractivity contribution is -0.122. The molecule has 0 radical (unpaired) electrons. The summed E-state index contributed by atoms with van der Waals surface area (Å²) in [6.45, 7) is 3.58. The fraction of sp³-hybridized carbons (Fsp3) is 0.0455. The third-order valence-electron chi connectivity index (χ3n) is 3.90. The summed E-state index contributed by atoms with van der Waals surface area (Å²) in [6.07, 6.45) is 8.25. The van der Waals surface area contributed by atoms with E-state index >= 15 is 0 Å². The molecular weight excluding hydrogens is 366 g/mol. The molecule has 3 N–H and O–H groups in total. The number of hydrogen-bond acceptors (Lipinski definition) is 5. The summed E-state index contributed by atoms with van der Waals surface area (Å²) in [5, 5.41) is 2.54. The Labute approximate surface area is 168 Å². The molecule has 0 unspecified atom stereocenters. The normalized spacial score (nSPS) is 11.7. The number of ether oxygens (including phenoxy) is 1. The number of imidazole rings is 1. The van der Waals surface area contributed by atoms with Gasteiger partial charge in [0, 0.05) is 23.6 Å². The van der Waals surface area contributed by atoms with E-state index in [0.29, 0.717) is 11.5 Å². The maximum absolute atomic E-state index is 12.0. The highest BCUT2D eigenvalue weighted by Gasteiger charge is 2.05. The van der Waals surface area contributed by atoms with Crippen LogP contribution < -0.4 is 15.8 Å². The minimum Gasteiger partial charge on any atom is -0.484 e. The number of aliphatic imine (C=N–C) groups is 1. The van der Waals surface area contributed by atoms with Gasteiger partial charge in [0.25, 0.3) is 5.91 Å². The summed E-state index contributed by atoms with van der Waals surface area (Å²) in [6, 6.07) is 16.9. The average Bonchev–Trinajstić information content (AvgIpc) is 3.29. The summed E-state index contributed by atoms with van der Waals surface area (Å²) < 4.78 is 7.36. The molecule has 0 aliphatic heterocycles. The third-order valence-corrected chi connectivity index (χ3v) is 3.90. The molecule has 1 heterocycles. The molecule has 0 aliphatic carbocycles. The number of carbonyl (C=O) groups is 1. The van der Waals surface area contributed by atoms with E-state index in [-0.39, 0.29) is 18.3 Å². The molecule has 0 fully saturated rings. The maximum Gasteiger partial charge on any atom is 0.263 e. The zero-order chi connectivity index (χ0) is 20.5. The van der Waals surface area contributed by atoms with Gasteiger partial charge in [-0.25, -0.2) is 4.98 Å². The van der Waals surface area contributed by atoms with Crippen molar-refractivity contribution in [1.82, 2.24) is 14.9 Å². The van der Waals surface area contributed by atoms with Gasteiger partial charge in [0.1, 0.15) is 11.6 Å². The van der Waals surface area contributed by atoms with Gasteiger partial charge in [0.2, 0.25) is 0 Å². The van der Waals surface area contributed by atoms with Crippen LogP contribution in [-0.4, -0.2) is 27.8 Å². The molecule has 146 valence electrons. The van der Waals surface area contributed by atoms with Crippen molar-refractivity contribution in [3.63, 3.8) is 0 Å². The van der Waals surface area contributed by atoms with E-state index < -0.39 is 0 Å². The van der Waals surface area contributed by atoms with Gasteiger partial charge in [-0.15, -0.1) is 0 Å². The van der Waals surface area contributed by atoms with Gasteiger partial charge in [-0.3, -0.25) is 9.79 Å². The predicted octanol–water partition coefficient (Wildman–Crippen LogP) is 2.80. The summed E-state index contributed by atoms with van der Waals surface area (Å²) in [7, 11) is 0. The lowest BCUT2D eigenvalue weighted by atomic mass is 10.1. The third kappa shape index (κ3) is 5.67. The number of nitrogens with two attached hydrogens (primary N) is 1. The van der Waals surface area contributed by atoms with Crippen LogP contribution in [0.2, 0.25) is 0 Å². The fourth-order valence-corrected chi connectivity index (χ4v) is 2.50. The molecule has 0 atom stereocenters. The van der Waals surface area contributed by atoms with E-state index in [9.17, 15) is 4.79 Å². The van der Waals surface area contributed by atoms with Crippen molar-refractivity contribution in [1.29, 1.82) is 0 Å². The van der Waals surface area contributed by atoms with E-state index in [1.807, 2.05) is 53.2 Å². The summed E-state index contributed by atoms with van der Waals surface area (Å²) >= 11 is 0. The predicted molar refractivity (Wildman–Crippen MR) is 113 cm³/mol. The second kappa shape index (κ2) is 9.70. The van der Waals surface area contributed by atoms with E-state index in [1.54, 1.807) is 30.7 Å². The van der Waals surface area contributed by atoms with Crippen LogP contribution in [0.15, 0.2) is 103 Å². The highest BCUT2D eigenvalue weighted by atomic mass is 16.5. The zero-order valence-electron chi connectivity index (χ0n) is 15.7. The molecule has 1 aromatic heterocycles. The fourth-order valence-electron chi connectivity index (χ4n) is 2.50. The van der Waals surface area contributed by atoms with Gasteiger partial charge < -0.3 is 20.4 Å². The SMILES string of the molecule is C=CC(=N/C=C(\N)NC(=O)COc1ccc(-n2ccnc2)cc1)c1ccccc1. The van der Waals surface area contributed by atoms with Crippen molar-refractivity contribution >= 4 is 11.6 Å². The second-order valence-corrected chi connectivity index (χ2v) is 5.97. The molecule has 3 rings (SSSR count). The molecule has 7 heteroatoms. The summed E-state index contributed by atoms with van der Waals surface area (Å²) in [4.78, 5) is 20.3. The monoisotopic (exact) mass is 387 g/mol. The molecule has 7 nitrogen and oxygen atoms in total. The Morgan fingerprint density at radius 2 is 1.97 bits per heavy atom. The lowest BCUT2D eigenvalue weighted by Gasteiger charge is -2.08. The highest BCUT2D eigenvalue weighted by molar-refractivity contribution is 6.08. The average molecular weight is 387 g/mol. The van der Waals surface area contributed by atoms with Crippen LogP contribution in [0.3, 0.4) is 0 Å². The van der Waals surface area contributed by atoms with Gasteiger partial charge in [0.15, 0.2) is 6.61 Å². The van der Waals surface area contributed by atoms with Crippen LogP contribution in [0.1, 0.15) is 5.56 Å². The molecule has 0 saturated carbocycles. The second-order valence-electron chi connectivity index (χ2n) is 5.97. The summed E-state index contributed by atoms with van der Waals surface area (Å²) in [5.74, 6) is 0.305. The topological polar surface area (TPSA) is 94.5 Å².